The number of anilines is 1. The summed E-state index contributed by atoms with van der Waals surface area (Å²) in [6.45, 7) is 2.78. The first kappa shape index (κ1) is 17.5. The number of carbonyl (C=O) groups is 1. The monoisotopic (exact) mass is 336 g/mol. The van der Waals surface area contributed by atoms with Crippen LogP contribution in [0.4, 0.5) is 5.69 Å². The van der Waals surface area contributed by atoms with Crippen LogP contribution in [0.25, 0.3) is 0 Å². The van der Waals surface area contributed by atoms with Crippen LogP contribution >= 0.6 is 12.4 Å². The Morgan fingerprint density at radius 2 is 2.22 bits per heavy atom. The molecule has 23 heavy (non-hydrogen) atoms. The Balaban J connectivity index is 0.00000192. The minimum Gasteiger partial charge on any atom is -0.378 e. The summed E-state index contributed by atoms with van der Waals surface area (Å²) in [4.78, 5) is 12.0. The molecule has 2 N–H and O–H groups in total. The van der Waals surface area contributed by atoms with Crippen molar-refractivity contribution in [3.05, 3.63) is 48.3 Å². The van der Waals surface area contributed by atoms with E-state index >= 15 is 0 Å². The molecule has 6 nitrogen and oxygen atoms in total. The van der Waals surface area contributed by atoms with Gasteiger partial charge in [-0.05, 0) is 5.56 Å². The lowest BCUT2D eigenvalue weighted by atomic mass is 10.2. The molecule has 3 rings (SSSR count). The highest BCUT2D eigenvalue weighted by atomic mass is 35.5. The zero-order chi connectivity index (χ0) is 15.2. The van der Waals surface area contributed by atoms with Crippen molar-refractivity contribution < 1.29 is 9.53 Å². The second-order valence-electron chi connectivity index (χ2n) is 5.39. The molecular formula is C16H21ClN4O2. The van der Waals surface area contributed by atoms with E-state index in [1.165, 1.54) is 5.56 Å². The zero-order valence-corrected chi connectivity index (χ0v) is 13.6. The van der Waals surface area contributed by atoms with E-state index in [9.17, 15) is 4.79 Å². The minimum atomic E-state index is -0.0257. The smallest absolute Gasteiger partial charge is 0.226 e. The van der Waals surface area contributed by atoms with Crippen LogP contribution in [0.1, 0.15) is 12.0 Å². The topological polar surface area (TPSA) is 68.2 Å². The van der Waals surface area contributed by atoms with Crippen LogP contribution in [0.5, 0.6) is 0 Å². The second-order valence-corrected chi connectivity index (χ2v) is 5.39. The van der Waals surface area contributed by atoms with Gasteiger partial charge >= 0.3 is 0 Å². The lowest BCUT2D eigenvalue weighted by Crippen LogP contribution is -2.43. The van der Waals surface area contributed by atoms with Gasteiger partial charge in [-0.25, -0.2) is 0 Å². The lowest BCUT2D eigenvalue weighted by Gasteiger charge is -2.23. The number of hydrogen-bond acceptors (Lipinski definition) is 4. The number of nitrogens with one attached hydrogen (secondary N) is 2. The SMILES string of the molecule is Cl.O=C(CC1COCCN1)Nc1cnn(Cc2ccccc2)c1. The summed E-state index contributed by atoms with van der Waals surface area (Å²) in [5.41, 5.74) is 1.89. The van der Waals surface area contributed by atoms with E-state index < -0.39 is 0 Å². The van der Waals surface area contributed by atoms with Crippen LogP contribution in [0.15, 0.2) is 42.7 Å². The number of amides is 1. The predicted molar refractivity (Wildman–Crippen MR) is 90.9 cm³/mol. The molecule has 1 saturated heterocycles. The number of nitrogens with zero attached hydrogens (tertiary/aromatic N) is 2. The molecule has 0 bridgehead atoms. The molecule has 1 aliphatic heterocycles. The molecule has 1 fully saturated rings. The van der Waals surface area contributed by atoms with Crippen molar-refractivity contribution in [2.45, 2.75) is 19.0 Å². The highest BCUT2D eigenvalue weighted by molar-refractivity contribution is 5.90. The van der Waals surface area contributed by atoms with Gasteiger partial charge in [-0.15, -0.1) is 12.4 Å². The van der Waals surface area contributed by atoms with Crippen molar-refractivity contribution in [3.63, 3.8) is 0 Å². The van der Waals surface area contributed by atoms with Crippen LogP contribution in [-0.4, -0.2) is 41.5 Å². The molecule has 1 unspecified atom stereocenters. The van der Waals surface area contributed by atoms with Gasteiger partial charge in [0.1, 0.15) is 0 Å². The maximum Gasteiger partial charge on any atom is 0.226 e. The maximum atomic E-state index is 12.0. The van der Waals surface area contributed by atoms with Crippen LogP contribution in [0, 0.1) is 0 Å². The fourth-order valence-electron chi connectivity index (χ4n) is 2.47. The number of ether oxygens (including phenoxy) is 1. The van der Waals surface area contributed by atoms with Crippen molar-refractivity contribution in [3.8, 4) is 0 Å². The Hall–Kier alpha value is -1.89. The van der Waals surface area contributed by atoms with Crippen molar-refractivity contribution >= 4 is 24.0 Å². The van der Waals surface area contributed by atoms with Crippen molar-refractivity contribution in [2.24, 2.45) is 0 Å². The van der Waals surface area contributed by atoms with Crippen LogP contribution in [-0.2, 0) is 16.1 Å². The van der Waals surface area contributed by atoms with E-state index in [1.807, 2.05) is 29.1 Å². The molecule has 1 aromatic heterocycles. The molecule has 1 aliphatic rings. The van der Waals surface area contributed by atoms with Gasteiger partial charge in [0.2, 0.25) is 5.91 Å². The summed E-state index contributed by atoms with van der Waals surface area (Å²) >= 11 is 0. The normalized spacial score (nSPS) is 17.3. The standard InChI is InChI=1S/C16H20N4O2.ClH/c21-16(8-14-12-22-7-6-17-14)19-15-9-18-20(11-15)10-13-4-2-1-3-5-13;/h1-5,9,11,14,17H,6-8,10,12H2,(H,19,21);1H. The largest absolute Gasteiger partial charge is 0.378 e. The Morgan fingerprint density at radius 1 is 1.39 bits per heavy atom. The molecule has 124 valence electrons. The van der Waals surface area contributed by atoms with E-state index in [2.05, 4.69) is 27.9 Å². The van der Waals surface area contributed by atoms with E-state index in [4.69, 9.17) is 4.74 Å². The molecular weight excluding hydrogens is 316 g/mol. The van der Waals surface area contributed by atoms with Gasteiger partial charge in [0.05, 0.1) is 31.6 Å². The summed E-state index contributed by atoms with van der Waals surface area (Å²) < 4.78 is 7.16. The van der Waals surface area contributed by atoms with Crippen molar-refractivity contribution in [1.82, 2.24) is 15.1 Å². The highest BCUT2D eigenvalue weighted by Crippen LogP contribution is 2.09. The van der Waals surface area contributed by atoms with Gasteiger partial charge in [-0.3, -0.25) is 9.48 Å². The maximum absolute atomic E-state index is 12.0. The summed E-state index contributed by atoms with van der Waals surface area (Å²) in [7, 11) is 0. The highest BCUT2D eigenvalue weighted by Gasteiger charge is 2.17. The van der Waals surface area contributed by atoms with E-state index in [0.717, 1.165) is 12.2 Å². The average Bonchev–Trinajstić information content (AvgIpc) is 2.96. The molecule has 1 atom stereocenters. The quantitative estimate of drug-likeness (QED) is 0.871. The predicted octanol–water partition coefficient (Wildman–Crippen LogP) is 1.67. The van der Waals surface area contributed by atoms with Crippen LogP contribution in [0.3, 0.4) is 0 Å². The fourth-order valence-corrected chi connectivity index (χ4v) is 2.47. The molecule has 1 aromatic carbocycles. The molecule has 0 radical (unpaired) electrons. The number of morpholine rings is 1. The summed E-state index contributed by atoms with van der Waals surface area (Å²) in [5.74, 6) is -0.0257. The number of aromatic nitrogens is 2. The lowest BCUT2D eigenvalue weighted by molar-refractivity contribution is -0.117. The van der Waals surface area contributed by atoms with E-state index in [1.54, 1.807) is 6.20 Å². The number of benzene rings is 1. The number of rotatable bonds is 5. The average molecular weight is 337 g/mol. The van der Waals surface area contributed by atoms with E-state index in [0.29, 0.717) is 26.2 Å². The number of hydrogen-bond donors (Lipinski definition) is 2. The van der Waals surface area contributed by atoms with Crippen LogP contribution < -0.4 is 10.6 Å². The third-order valence-corrected chi connectivity index (χ3v) is 3.53. The minimum absolute atomic E-state index is 0. The van der Waals surface area contributed by atoms with Gasteiger partial charge < -0.3 is 15.4 Å². The van der Waals surface area contributed by atoms with Gasteiger partial charge in [0.15, 0.2) is 0 Å². The zero-order valence-electron chi connectivity index (χ0n) is 12.8. The fraction of sp³-hybridized carbons (Fsp3) is 0.375. The van der Waals surface area contributed by atoms with Crippen molar-refractivity contribution in [2.75, 3.05) is 25.1 Å². The first-order valence-corrected chi connectivity index (χ1v) is 7.47. The van der Waals surface area contributed by atoms with Crippen molar-refractivity contribution in [1.29, 1.82) is 0 Å². The molecule has 1 amide bonds. The Bertz CT molecular complexity index is 612. The first-order chi connectivity index (χ1) is 10.8. The van der Waals surface area contributed by atoms with Gasteiger partial charge in [-0.2, -0.15) is 5.10 Å². The van der Waals surface area contributed by atoms with Gasteiger partial charge in [0.25, 0.3) is 0 Å². The molecule has 0 spiro atoms. The second kappa shape index (κ2) is 8.67. The molecule has 0 aliphatic carbocycles. The third kappa shape index (κ3) is 5.35. The summed E-state index contributed by atoms with van der Waals surface area (Å²) in [5, 5.41) is 10.4. The Morgan fingerprint density at radius 3 is 2.96 bits per heavy atom. The number of halogens is 1. The number of carbonyl (C=O) groups excluding carboxylic acids is 1. The summed E-state index contributed by atoms with van der Waals surface area (Å²) in [6.07, 6.45) is 3.92. The summed E-state index contributed by atoms with van der Waals surface area (Å²) in [6, 6.07) is 10.2. The Kier molecular flexibility index (Phi) is 6.58. The molecule has 2 heterocycles. The van der Waals surface area contributed by atoms with Crippen LogP contribution in [0.2, 0.25) is 0 Å². The van der Waals surface area contributed by atoms with Gasteiger partial charge in [0, 0.05) is 25.2 Å². The molecule has 2 aromatic rings. The molecule has 7 heteroatoms. The third-order valence-electron chi connectivity index (χ3n) is 3.53. The Labute approximate surface area is 141 Å². The van der Waals surface area contributed by atoms with Gasteiger partial charge in [-0.1, -0.05) is 30.3 Å². The first-order valence-electron chi connectivity index (χ1n) is 7.47. The molecule has 0 saturated carbocycles. The van der Waals surface area contributed by atoms with E-state index in [-0.39, 0.29) is 24.4 Å².